The first-order chi connectivity index (χ1) is 11.6. The Hall–Kier alpha value is -1.90. The molecule has 0 amide bonds. The van der Waals surface area contributed by atoms with Crippen LogP contribution in [0.3, 0.4) is 0 Å². The second kappa shape index (κ2) is 11.6. The summed E-state index contributed by atoms with van der Waals surface area (Å²) in [5.41, 5.74) is 1.19. The highest BCUT2D eigenvalue weighted by Crippen LogP contribution is 2.12. The summed E-state index contributed by atoms with van der Waals surface area (Å²) in [5.74, 6) is -0.242. The number of hydrogen-bond acceptors (Lipinski definition) is 4. The molecule has 0 saturated carbocycles. The number of methoxy groups -OCH3 is 1. The van der Waals surface area contributed by atoms with Crippen LogP contribution in [0, 0.1) is 12.5 Å². The minimum absolute atomic E-state index is 0.0784. The summed E-state index contributed by atoms with van der Waals surface area (Å²) >= 11 is 0. The third-order valence-corrected chi connectivity index (χ3v) is 3.99. The van der Waals surface area contributed by atoms with Crippen LogP contribution >= 0.6 is 0 Å². The van der Waals surface area contributed by atoms with Crippen LogP contribution in [0.2, 0.25) is 0 Å². The van der Waals surface area contributed by atoms with Crippen molar-refractivity contribution >= 4 is 5.97 Å². The molecule has 132 valence electrons. The Bertz CT molecular complexity index is 513. The molecule has 0 aromatic heterocycles. The van der Waals surface area contributed by atoms with Crippen LogP contribution < -0.4 is 0 Å². The van der Waals surface area contributed by atoms with Crippen molar-refractivity contribution in [3.63, 3.8) is 0 Å². The summed E-state index contributed by atoms with van der Waals surface area (Å²) < 4.78 is 4.74. The van der Waals surface area contributed by atoms with E-state index in [1.807, 2.05) is 25.1 Å². The second-order valence-electron chi connectivity index (χ2n) is 6.14. The lowest BCUT2D eigenvalue weighted by Gasteiger charge is -2.23. The second-order valence-corrected chi connectivity index (χ2v) is 6.14. The largest absolute Gasteiger partial charge is 0.469 e. The molecule has 0 spiro atoms. The van der Waals surface area contributed by atoms with Crippen LogP contribution in [-0.4, -0.2) is 48.8 Å². The molecular weight excluding hydrogens is 304 g/mol. The van der Waals surface area contributed by atoms with Crippen LogP contribution in [0.4, 0.5) is 0 Å². The van der Waals surface area contributed by atoms with Gasteiger partial charge < -0.3 is 14.7 Å². The van der Waals surface area contributed by atoms with Crippen molar-refractivity contribution in [1.82, 2.24) is 4.90 Å². The van der Waals surface area contributed by atoms with Gasteiger partial charge in [0.25, 0.3) is 0 Å². The molecular formula is C19H28N2O3. The lowest BCUT2D eigenvalue weighted by Crippen LogP contribution is -2.34. The van der Waals surface area contributed by atoms with E-state index in [2.05, 4.69) is 21.9 Å². The lowest BCUT2D eigenvalue weighted by atomic mass is 10.0. The van der Waals surface area contributed by atoms with Gasteiger partial charge in [-0.25, -0.2) is 6.57 Å². The van der Waals surface area contributed by atoms with Gasteiger partial charge in [0, 0.05) is 13.1 Å². The highest BCUT2D eigenvalue weighted by atomic mass is 16.5. The first-order valence-corrected chi connectivity index (χ1v) is 8.42. The number of unbranched alkanes of at least 4 members (excludes halogenated alkanes) is 1. The minimum atomic E-state index is -0.625. The van der Waals surface area contributed by atoms with Crippen molar-refractivity contribution in [2.24, 2.45) is 5.92 Å². The summed E-state index contributed by atoms with van der Waals surface area (Å²) in [5, 5.41) is 9.93. The SMILES string of the molecule is [C-]#[N+]CC(O)CN(CCCCC(C)C(=O)OC)Cc1ccccc1. The van der Waals surface area contributed by atoms with Gasteiger partial charge in [0.15, 0.2) is 0 Å². The number of hydrogen-bond donors (Lipinski definition) is 1. The molecule has 0 aliphatic rings. The Morgan fingerprint density at radius 2 is 2.04 bits per heavy atom. The third kappa shape index (κ3) is 8.09. The molecule has 1 aromatic rings. The van der Waals surface area contributed by atoms with Gasteiger partial charge >= 0.3 is 5.97 Å². The quantitative estimate of drug-likeness (QED) is 0.385. The Labute approximate surface area is 145 Å². The molecule has 5 nitrogen and oxygen atoms in total. The number of carbonyl (C=O) groups is 1. The molecule has 0 saturated heterocycles. The first-order valence-electron chi connectivity index (χ1n) is 8.42. The number of ether oxygens (including phenoxy) is 1. The molecule has 24 heavy (non-hydrogen) atoms. The van der Waals surface area contributed by atoms with Crippen molar-refractivity contribution < 1.29 is 14.6 Å². The van der Waals surface area contributed by atoms with E-state index in [0.29, 0.717) is 6.54 Å². The van der Waals surface area contributed by atoms with Gasteiger partial charge in [-0.1, -0.05) is 43.7 Å². The Morgan fingerprint density at radius 1 is 1.33 bits per heavy atom. The zero-order valence-electron chi connectivity index (χ0n) is 14.6. The fourth-order valence-corrected chi connectivity index (χ4v) is 2.64. The molecule has 1 aromatic carbocycles. The summed E-state index contributed by atoms with van der Waals surface area (Å²) in [6.45, 7) is 11.0. The highest BCUT2D eigenvalue weighted by molar-refractivity contribution is 5.71. The van der Waals surface area contributed by atoms with Gasteiger partial charge in [0.1, 0.15) is 6.10 Å². The first kappa shape index (κ1) is 20.1. The van der Waals surface area contributed by atoms with Gasteiger partial charge in [-0.3, -0.25) is 9.69 Å². The number of nitrogens with zero attached hydrogens (tertiary/aromatic N) is 2. The Kier molecular flexibility index (Phi) is 9.74. The van der Waals surface area contributed by atoms with Gasteiger partial charge in [-0.15, -0.1) is 0 Å². The maximum absolute atomic E-state index is 11.4. The lowest BCUT2D eigenvalue weighted by molar-refractivity contribution is -0.145. The zero-order valence-corrected chi connectivity index (χ0v) is 14.6. The van der Waals surface area contributed by atoms with Gasteiger partial charge in [0.05, 0.1) is 13.0 Å². The molecule has 0 fully saturated rings. The minimum Gasteiger partial charge on any atom is -0.469 e. The van der Waals surface area contributed by atoms with E-state index >= 15 is 0 Å². The maximum atomic E-state index is 11.4. The molecule has 0 heterocycles. The van der Waals surface area contributed by atoms with E-state index in [1.54, 1.807) is 0 Å². The van der Waals surface area contributed by atoms with Gasteiger partial charge in [-0.05, 0) is 24.9 Å². The summed E-state index contributed by atoms with van der Waals surface area (Å²) in [6.07, 6.45) is 2.05. The molecule has 2 unspecified atom stereocenters. The van der Waals surface area contributed by atoms with Gasteiger partial charge in [-0.2, -0.15) is 0 Å². The molecule has 0 aliphatic heterocycles. The van der Waals surface area contributed by atoms with Crippen LogP contribution in [0.15, 0.2) is 30.3 Å². The van der Waals surface area contributed by atoms with Crippen LogP contribution in [0.25, 0.3) is 4.85 Å². The van der Waals surface area contributed by atoms with Crippen LogP contribution in [0.5, 0.6) is 0 Å². The van der Waals surface area contributed by atoms with E-state index in [9.17, 15) is 9.90 Å². The van der Waals surface area contributed by atoms with Gasteiger partial charge in [0.2, 0.25) is 6.54 Å². The molecule has 5 heteroatoms. The van der Waals surface area contributed by atoms with E-state index in [0.717, 1.165) is 32.4 Å². The third-order valence-electron chi connectivity index (χ3n) is 3.99. The van der Waals surface area contributed by atoms with E-state index < -0.39 is 6.10 Å². The molecule has 0 aliphatic carbocycles. The number of esters is 1. The van der Waals surface area contributed by atoms with E-state index in [1.165, 1.54) is 12.7 Å². The maximum Gasteiger partial charge on any atom is 0.308 e. The number of benzene rings is 1. The Morgan fingerprint density at radius 3 is 2.67 bits per heavy atom. The normalized spacial score (nSPS) is 13.3. The fourth-order valence-electron chi connectivity index (χ4n) is 2.64. The number of aliphatic hydroxyl groups is 1. The smallest absolute Gasteiger partial charge is 0.308 e. The molecule has 1 N–H and O–H groups in total. The summed E-state index contributed by atoms with van der Waals surface area (Å²) in [6, 6.07) is 10.1. The van der Waals surface area contributed by atoms with Crippen LogP contribution in [0.1, 0.15) is 31.7 Å². The molecule has 0 radical (unpaired) electrons. The fraction of sp³-hybridized carbons (Fsp3) is 0.579. The number of carbonyl (C=O) groups excluding carboxylic acids is 1. The topological polar surface area (TPSA) is 54.1 Å². The van der Waals surface area contributed by atoms with Crippen molar-refractivity contribution in [3.8, 4) is 0 Å². The summed E-state index contributed by atoms with van der Waals surface area (Å²) in [7, 11) is 1.42. The predicted molar refractivity (Wildman–Crippen MR) is 94.2 cm³/mol. The van der Waals surface area contributed by atoms with Crippen molar-refractivity contribution in [2.45, 2.75) is 38.8 Å². The van der Waals surface area contributed by atoms with E-state index in [4.69, 9.17) is 11.3 Å². The number of aliphatic hydroxyl groups excluding tert-OH is 1. The van der Waals surface area contributed by atoms with Crippen LogP contribution in [-0.2, 0) is 16.1 Å². The average molecular weight is 332 g/mol. The zero-order chi connectivity index (χ0) is 17.8. The average Bonchev–Trinajstić information content (AvgIpc) is 2.58. The van der Waals surface area contributed by atoms with Crippen molar-refractivity contribution in [2.75, 3.05) is 26.7 Å². The van der Waals surface area contributed by atoms with E-state index in [-0.39, 0.29) is 18.4 Å². The Balaban J connectivity index is 2.46. The highest BCUT2D eigenvalue weighted by Gasteiger charge is 2.15. The monoisotopic (exact) mass is 332 g/mol. The molecule has 2 atom stereocenters. The standard InChI is InChI=1S/C19H28N2O3/c1-16(19(23)24-3)9-7-8-12-21(15-18(22)13-20-2)14-17-10-5-4-6-11-17/h4-6,10-11,16,18,22H,7-9,12-15H2,1,3H3. The number of rotatable bonds is 11. The van der Waals surface area contributed by atoms with Crippen molar-refractivity contribution in [1.29, 1.82) is 0 Å². The molecule has 1 rings (SSSR count). The summed E-state index contributed by atoms with van der Waals surface area (Å²) in [4.78, 5) is 16.8. The molecule has 0 bridgehead atoms. The predicted octanol–water partition coefficient (Wildman–Crippen LogP) is 2.75. The van der Waals surface area contributed by atoms with Crippen molar-refractivity contribution in [3.05, 3.63) is 47.3 Å².